The van der Waals surface area contributed by atoms with Gasteiger partial charge < -0.3 is 15.2 Å². The number of alkyl halides is 3. The molecule has 2 N–H and O–H groups in total. The van der Waals surface area contributed by atoms with Crippen LogP contribution < -0.4 is 10.1 Å². The normalized spacial score (nSPS) is 10.9. The highest BCUT2D eigenvalue weighted by molar-refractivity contribution is 5.94. The molecular formula is C11H10F3NO4. The number of hydrogen-bond acceptors (Lipinski definition) is 3. The number of nitrogens with one attached hydrogen (secondary N) is 1. The Kier molecular flexibility index (Phi) is 4.74. The molecule has 0 aliphatic heterocycles. The summed E-state index contributed by atoms with van der Waals surface area (Å²) < 4.78 is 40.5. The molecule has 1 aromatic rings. The van der Waals surface area contributed by atoms with Crippen molar-refractivity contribution < 1.29 is 32.6 Å². The van der Waals surface area contributed by atoms with E-state index in [2.05, 4.69) is 0 Å². The van der Waals surface area contributed by atoms with Gasteiger partial charge in [0.15, 0.2) is 6.61 Å². The monoisotopic (exact) mass is 277 g/mol. The second-order valence-electron chi connectivity index (χ2n) is 3.51. The molecule has 0 saturated heterocycles. The van der Waals surface area contributed by atoms with Crippen LogP contribution in [0, 0.1) is 0 Å². The molecule has 0 bridgehead atoms. The molecule has 1 amide bonds. The minimum Gasteiger partial charge on any atom is -0.482 e. The number of carbonyl (C=O) groups excluding carboxylic acids is 1. The van der Waals surface area contributed by atoms with Gasteiger partial charge in [0.1, 0.15) is 12.3 Å². The molecule has 19 heavy (non-hydrogen) atoms. The molecule has 104 valence electrons. The van der Waals surface area contributed by atoms with Gasteiger partial charge in [-0.1, -0.05) is 6.07 Å². The lowest BCUT2D eigenvalue weighted by Gasteiger charge is -2.09. The van der Waals surface area contributed by atoms with E-state index in [0.717, 1.165) is 6.07 Å². The van der Waals surface area contributed by atoms with Crippen molar-refractivity contribution in [3.8, 4) is 5.75 Å². The maximum absolute atomic E-state index is 11.9. The number of carbonyl (C=O) groups is 2. The number of carboxylic acid groups (broad SMARTS) is 1. The third-order valence-electron chi connectivity index (χ3n) is 1.91. The van der Waals surface area contributed by atoms with Gasteiger partial charge in [-0.25, -0.2) is 4.79 Å². The van der Waals surface area contributed by atoms with E-state index in [9.17, 15) is 22.8 Å². The van der Waals surface area contributed by atoms with Crippen LogP contribution in [-0.2, 0) is 4.79 Å². The van der Waals surface area contributed by atoms with Gasteiger partial charge >= 0.3 is 12.1 Å². The molecule has 0 spiro atoms. The van der Waals surface area contributed by atoms with Crippen molar-refractivity contribution in [3.05, 3.63) is 29.8 Å². The minimum absolute atomic E-state index is 0.0489. The first-order chi connectivity index (χ1) is 8.78. The molecule has 1 rings (SSSR count). The summed E-state index contributed by atoms with van der Waals surface area (Å²) in [6.07, 6.45) is -4.49. The van der Waals surface area contributed by atoms with Crippen molar-refractivity contribution in [1.29, 1.82) is 0 Å². The summed E-state index contributed by atoms with van der Waals surface area (Å²) >= 11 is 0. The molecule has 5 nitrogen and oxygen atoms in total. The Labute approximate surface area is 106 Å². The summed E-state index contributed by atoms with van der Waals surface area (Å²) in [6, 6.07) is 5.22. The van der Waals surface area contributed by atoms with Crippen LogP contribution in [0.1, 0.15) is 10.4 Å². The zero-order valence-electron chi connectivity index (χ0n) is 9.53. The van der Waals surface area contributed by atoms with E-state index in [0.29, 0.717) is 0 Å². The third-order valence-corrected chi connectivity index (χ3v) is 1.91. The molecular weight excluding hydrogens is 267 g/mol. The fourth-order valence-corrected chi connectivity index (χ4v) is 1.15. The van der Waals surface area contributed by atoms with Gasteiger partial charge in [0.25, 0.3) is 5.91 Å². The summed E-state index contributed by atoms with van der Waals surface area (Å²) in [7, 11) is 0. The first-order valence-electron chi connectivity index (χ1n) is 5.07. The Balaban J connectivity index is 2.65. The molecule has 8 heteroatoms. The maximum Gasteiger partial charge on any atom is 0.405 e. The van der Waals surface area contributed by atoms with Crippen molar-refractivity contribution in [1.82, 2.24) is 5.32 Å². The first kappa shape index (κ1) is 14.8. The lowest BCUT2D eigenvalue weighted by Crippen LogP contribution is -2.33. The molecule has 0 saturated carbocycles. The van der Waals surface area contributed by atoms with Crippen LogP contribution in [0.25, 0.3) is 0 Å². The largest absolute Gasteiger partial charge is 0.482 e. The topological polar surface area (TPSA) is 75.6 Å². The molecule has 0 fully saturated rings. The van der Waals surface area contributed by atoms with E-state index in [4.69, 9.17) is 9.84 Å². The van der Waals surface area contributed by atoms with Gasteiger partial charge in [-0.3, -0.25) is 4.79 Å². The summed E-state index contributed by atoms with van der Waals surface area (Å²) in [5.74, 6) is -2.04. The van der Waals surface area contributed by atoms with E-state index < -0.39 is 31.2 Å². The number of rotatable bonds is 5. The van der Waals surface area contributed by atoms with Crippen molar-refractivity contribution in [2.45, 2.75) is 6.18 Å². The predicted molar refractivity (Wildman–Crippen MR) is 58.0 cm³/mol. The number of amides is 1. The third kappa shape index (κ3) is 5.75. The smallest absolute Gasteiger partial charge is 0.405 e. The maximum atomic E-state index is 11.9. The van der Waals surface area contributed by atoms with Crippen LogP contribution in [0.3, 0.4) is 0 Å². The zero-order chi connectivity index (χ0) is 14.5. The SMILES string of the molecule is O=C(O)COc1cccc(C(=O)NCC(F)(F)F)c1. The summed E-state index contributed by atoms with van der Waals surface area (Å²) in [4.78, 5) is 21.7. The first-order valence-corrected chi connectivity index (χ1v) is 5.07. The van der Waals surface area contributed by atoms with Crippen molar-refractivity contribution in [2.24, 2.45) is 0 Å². The van der Waals surface area contributed by atoms with Gasteiger partial charge in [0.2, 0.25) is 0 Å². The average molecular weight is 277 g/mol. The van der Waals surface area contributed by atoms with Crippen LogP contribution in [0.4, 0.5) is 13.2 Å². The van der Waals surface area contributed by atoms with Gasteiger partial charge in [-0.2, -0.15) is 13.2 Å². The quantitative estimate of drug-likeness (QED) is 0.854. The Hall–Kier alpha value is -2.25. The molecule has 0 radical (unpaired) electrons. The average Bonchev–Trinajstić information content (AvgIpc) is 2.33. The van der Waals surface area contributed by atoms with E-state index in [1.165, 1.54) is 18.2 Å². The van der Waals surface area contributed by atoms with E-state index >= 15 is 0 Å². The van der Waals surface area contributed by atoms with Gasteiger partial charge in [0, 0.05) is 5.56 Å². The highest BCUT2D eigenvalue weighted by atomic mass is 19.4. The summed E-state index contributed by atoms with van der Waals surface area (Å²) in [5, 5.41) is 10.1. The van der Waals surface area contributed by atoms with Crippen molar-refractivity contribution in [2.75, 3.05) is 13.2 Å². The highest BCUT2D eigenvalue weighted by Gasteiger charge is 2.27. The lowest BCUT2D eigenvalue weighted by atomic mass is 10.2. The number of hydrogen-bond donors (Lipinski definition) is 2. The Morgan fingerprint density at radius 1 is 1.32 bits per heavy atom. The van der Waals surface area contributed by atoms with Crippen LogP contribution in [0.5, 0.6) is 5.75 Å². The van der Waals surface area contributed by atoms with E-state index in [1.807, 2.05) is 0 Å². The molecule has 0 heterocycles. The molecule has 1 aromatic carbocycles. The van der Waals surface area contributed by atoms with Crippen LogP contribution in [0.2, 0.25) is 0 Å². The van der Waals surface area contributed by atoms with Gasteiger partial charge in [-0.05, 0) is 18.2 Å². The fourth-order valence-electron chi connectivity index (χ4n) is 1.15. The Bertz CT molecular complexity index is 473. The number of ether oxygens (including phenoxy) is 1. The molecule has 0 atom stereocenters. The second-order valence-corrected chi connectivity index (χ2v) is 3.51. The van der Waals surface area contributed by atoms with Crippen molar-refractivity contribution in [3.63, 3.8) is 0 Å². The van der Waals surface area contributed by atoms with Gasteiger partial charge in [0.05, 0.1) is 0 Å². The number of carboxylic acids is 1. The Morgan fingerprint density at radius 2 is 2.00 bits per heavy atom. The predicted octanol–water partition coefficient (Wildman–Crippen LogP) is 1.44. The highest BCUT2D eigenvalue weighted by Crippen LogP contribution is 2.15. The van der Waals surface area contributed by atoms with Crippen LogP contribution >= 0.6 is 0 Å². The number of aliphatic carboxylic acids is 1. The van der Waals surface area contributed by atoms with E-state index in [1.54, 1.807) is 5.32 Å². The Morgan fingerprint density at radius 3 is 2.58 bits per heavy atom. The summed E-state index contributed by atoms with van der Waals surface area (Å²) in [5.41, 5.74) is -0.0489. The number of benzene rings is 1. The lowest BCUT2D eigenvalue weighted by molar-refractivity contribution is -0.139. The number of halogens is 3. The van der Waals surface area contributed by atoms with Crippen molar-refractivity contribution >= 4 is 11.9 Å². The molecule has 0 aliphatic carbocycles. The molecule has 0 aliphatic rings. The standard InChI is InChI=1S/C11H10F3NO4/c12-11(13,14)6-15-10(18)7-2-1-3-8(4-7)19-5-9(16)17/h1-4H,5-6H2,(H,15,18)(H,16,17). The second kappa shape index (κ2) is 6.07. The van der Waals surface area contributed by atoms with E-state index in [-0.39, 0.29) is 11.3 Å². The zero-order valence-corrected chi connectivity index (χ0v) is 9.53. The molecule has 0 unspecified atom stereocenters. The fraction of sp³-hybridized carbons (Fsp3) is 0.273. The van der Waals surface area contributed by atoms with Gasteiger partial charge in [-0.15, -0.1) is 0 Å². The minimum atomic E-state index is -4.49. The van der Waals surface area contributed by atoms with Crippen LogP contribution in [0.15, 0.2) is 24.3 Å². The summed E-state index contributed by atoms with van der Waals surface area (Å²) in [6.45, 7) is -2.04. The van der Waals surface area contributed by atoms with Crippen LogP contribution in [-0.4, -0.2) is 36.3 Å². The molecule has 0 aromatic heterocycles.